The number of rotatable bonds is 4. The van der Waals surface area contributed by atoms with Gasteiger partial charge in [0.05, 0.1) is 30.0 Å². The Bertz CT molecular complexity index is 840. The molecule has 24 heavy (non-hydrogen) atoms. The molecule has 3 heterocycles. The number of fused-ring (bicyclic) bond motifs is 1. The standard InChI is InChI=1S/C17H17N3O3S/c18-16(21)13-10-22-8-7-20(13)9-11-5-6-14(23-11)17-19-12-3-1-2-4-15(12)24-17/h1-6,13H,7-10H2,(H2,18,21). The van der Waals surface area contributed by atoms with Crippen LogP contribution in [0.3, 0.4) is 0 Å². The minimum absolute atomic E-state index is 0.334. The molecular weight excluding hydrogens is 326 g/mol. The number of hydrogen-bond donors (Lipinski definition) is 1. The number of benzene rings is 1. The van der Waals surface area contributed by atoms with E-state index in [1.165, 1.54) is 0 Å². The summed E-state index contributed by atoms with van der Waals surface area (Å²) >= 11 is 1.60. The van der Waals surface area contributed by atoms with Crippen LogP contribution >= 0.6 is 11.3 Å². The van der Waals surface area contributed by atoms with Gasteiger partial charge >= 0.3 is 0 Å². The number of hydrogen-bond acceptors (Lipinski definition) is 6. The predicted molar refractivity (Wildman–Crippen MR) is 91.5 cm³/mol. The fourth-order valence-electron chi connectivity index (χ4n) is 2.84. The molecule has 0 spiro atoms. The first-order valence-corrected chi connectivity index (χ1v) is 8.58. The average Bonchev–Trinajstić information content (AvgIpc) is 3.21. The zero-order valence-corrected chi connectivity index (χ0v) is 13.8. The third-order valence-corrected chi connectivity index (χ3v) is 5.14. The van der Waals surface area contributed by atoms with Crippen molar-refractivity contribution in [2.45, 2.75) is 12.6 Å². The van der Waals surface area contributed by atoms with Gasteiger partial charge in [-0.2, -0.15) is 0 Å². The van der Waals surface area contributed by atoms with Crippen LogP contribution in [0.5, 0.6) is 0 Å². The zero-order chi connectivity index (χ0) is 16.5. The summed E-state index contributed by atoms with van der Waals surface area (Å²) in [7, 11) is 0. The van der Waals surface area contributed by atoms with Gasteiger partial charge in [-0.05, 0) is 24.3 Å². The molecule has 0 saturated carbocycles. The van der Waals surface area contributed by atoms with Gasteiger partial charge in [-0.15, -0.1) is 11.3 Å². The zero-order valence-electron chi connectivity index (χ0n) is 13.0. The smallest absolute Gasteiger partial charge is 0.237 e. The van der Waals surface area contributed by atoms with Gasteiger partial charge in [-0.1, -0.05) is 12.1 Å². The second kappa shape index (κ2) is 6.35. The fraction of sp³-hybridized carbons (Fsp3) is 0.294. The first-order chi connectivity index (χ1) is 11.7. The number of amides is 1. The van der Waals surface area contributed by atoms with E-state index in [1.807, 2.05) is 41.3 Å². The molecule has 1 aliphatic heterocycles. The van der Waals surface area contributed by atoms with Crippen LogP contribution in [0.25, 0.3) is 21.0 Å². The van der Waals surface area contributed by atoms with E-state index in [1.54, 1.807) is 11.3 Å². The Morgan fingerprint density at radius 1 is 1.33 bits per heavy atom. The van der Waals surface area contributed by atoms with Crippen molar-refractivity contribution in [2.24, 2.45) is 5.73 Å². The van der Waals surface area contributed by atoms with Gasteiger partial charge < -0.3 is 14.9 Å². The number of nitrogens with zero attached hydrogens (tertiary/aromatic N) is 2. The summed E-state index contributed by atoms with van der Waals surface area (Å²) in [4.78, 5) is 18.1. The Kier molecular flexibility index (Phi) is 4.05. The molecule has 3 aromatic rings. The second-order valence-electron chi connectivity index (χ2n) is 5.72. The highest BCUT2D eigenvalue weighted by Crippen LogP contribution is 2.31. The predicted octanol–water partition coefficient (Wildman–Crippen LogP) is 2.24. The number of aromatic nitrogens is 1. The Balaban J connectivity index is 1.55. The molecule has 1 aromatic carbocycles. The molecule has 1 saturated heterocycles. The van der Waals surface area contributed by atoms with Crippen molar-refractivity contribution < 1.29 is 13.9 Å². The molecule has 4 rings (SSSR count). The number of primary amides is 1. The third kappa shape index (κ3) is 2.93. The summed E-state index contributed by atoms with van der Waals surface area (Å²) in [6.07, 6.45) is 0. The van der Waals surface area contributed by atoms with Gasteiger partial charge in [-0.3, -0.25) is 9.69 Å². The summed E-state index contributed by atoms with van der Waals surface area (Å²) in [5, 5.41) is 0.857. The molecule has 2 aromatic heterocycles. The average molecular weight is 343 g/mol. The highest BCUT2D eigenvalue weighted by Gasteiger charge is 2.28. The maximum absolute atomic E-state index is 11.5. The van der Waals surface area contributed by atoms with Crippen LogP contribution in [-0.4, -0.2) is 41.6 Å². The first-order valence-electron chi connectivity index (χ1n) is 7.76. The van der Waals surface area contributed by atoms with Gasteiger partial charge in [0.25, 0.3) is 0 Å². The molecule has 1 fully saturated rings. The van der Waals surface area contributed by atoms with Gasteiger partial charge in [0.1, 0.15) is 11.8 Å². The lowest BCUT2D eigenvalue weighted by Gasteiger charge is -2.32. The summed E-state index contributed by atoms with van der Waals surface area (Å²) in [5.74, 6) is 1.17. The van der Waals surface area contributed by atoms with Crippen molar-refractivity contribution in [1.29, 1.82) is 0 Å². The molecule has 124 valence electrons. The fourth-order valence-corrected chi connectivity index (χ4v) is 3.77. The number of carbonyl (C=O) groups is 1. The molecular formula is C17H17N3O3S. The van der Waals surface area contributed by atoms with E-state index in [-0.39, 0.29) is 5.91 Å². The van der Waals surface area contributed by atoms with E-state index < -0.39 is 6.04 Å². The van der Waals surface area contributed by atoms with Crippen LogP contribution in [0.4, 0.5) is 0 Å². The van der Waals surface area contributed by atoms with Gasteiger partial charge in [-0.25, -0.2) is 4.98 Å². The molecule has 1 atom stereocenters. The summed E-state index contributed by atoms with van der Waals surface area (Å²) < 4.78 is 12.4. The topological polar surface area (TPSA) is 81.6 Å². The lowest BCUT2D eigenvalue weighted by Crippen LogP contribution is -2.51. The number of morpholine rings is 1. The van der Waals surface area contributed by atoms with Crippen LogP contribution in [0.1, 0.15) is 5.76 Å². The number of carbonyl (C=O) groups excluding carboxylic acids is 1. The number of para-hydroxylation sites is 1. The van der Waals surface area contributed by atoms with Crippen molar-refractivity contribution in [3.8, 4) is 10.8 Å². The van der Waals surface area contributed by atoms with E-state index in [0.29, 0.717) is 26.3 Å². The SMILES string of the molecule is NC(=O)C1COCCN1Cc1ccc(-c2nc3ccccc3s2)o1. The van der Waals surface area contributed by atoms with Gasteiger partial charge in [0, 0.05) is 6.54 Å². The van der Waals surface area contributed by atoms with Crippen molar-refractivity contribution in [1.82, 2.24) is 9.88 Å². The minimum Gasteiger partial charge on any atom is -0.457 e. The Hall–Kier alpha value is -2.22. The molecule has 2 N–H and O–H groups in total. The monoisotopic (exact) mass is 343 g/mol. The van der Waals surface area contributed by atoms with Gasteiger partial charge in [0.2, 0.25) is 5.91 Å². The van der Waals surface area contributed by atoms with Crippen molar-refractivity contribution in [3.05, 3.63) is 42.2 Å². The molecule has 7 heteroatoms. The largest absolute Gasteiger partial charge is 0.457 e. The molecule has 1 unspecified atom stereocenters. The minimum atomic E-state index is -0.408. The summed E-state index contributed by atoms with van der Waals surface area (Å²) in [5.41, 5.74) is 6.42. The maximum Gasteiger partial charge on any atom is 0.237 e. The highest BCUT2D eigenvalue weighted by atomic mass is 32.1. The second-order valence-corrected chi connectivity index (χ2v) is 6.75. The number of furan rings is 1. The van der Waals surface area contributed by atoms with Gasteiger partial charge in [0.15, 0.2) is 10.8 Å². The number of thiazole rings is 1. The van der Waals surface area contributed by atoms with Crippen LogP contribution in [-0.2, 0) is 16.1 Å². The van der Waals surface area contributed by atoms with E-state index in [4.69, 9.17) is 14.9 Å². The van der Waals surface area contributed by atoms with Crippen molar-refractivity contribution >= 4 is 27.5 Å². The molecule has 0 radical (unpaired) electrons. The van der Waals surface area contributed by atoms with E-state index >= 15 is 0 Å². The van der Waals surface area contributed by atoms with E-state index in [2.05, 4.69) is 4.98 Å². The van der Waals surface area contributed by atoms with Crippen LogP contribution in [0.2, 0.25) is 0 Å². The molecule has 0 bridgehead atoms. The molecule has 1 amide bonds. The number of ether oxygens (including phenoxy) is 1. The Morgan fingerprint density at radius 2 is 2.21 bits per heavy atom. The molecule has 6 nitrogen and oxygen atoms in total. The van der Waals surface area contributed by atoms with E-state index in [0.717, 1.165) is 26.7 Å². The highest BCUT2D eigenvalue weighted by molar-refractivity contribution is 7.21. The third-order valence-electron chi connectivity index (χ3n) is 4.09. The Labute approximate surface area is 142 Å². The van der Waals surface area contributed by atoms with Crippen molar-refractivity contribution in [3.63, 3.8) is 0 Å². The lowest BCUT2D eigenvalue weighted by atomic mass is 10.2. The summed E-state index contributed by atoms with van der Waals surface area (Å²) in [6.45, 7) is 2.11. The molecule has 0 aliphatic carbocycles. The molecule has 1 aliphatic rings. The first kappa shape index (κ1) is 15.3. The maximum atomic E-state index is 11.5. The normalized spacial score (nSPS) is 18.9. The summed E-state index contributed by atoms with van der Waals surface area (Å²) in [6, 6.07) is 11.5. The Morgan fingerprint density at radius 3 is 3.04 bits per heavy atom. The van der Waals surface area contributed by atoms with Crippen LogP contribution in [0.15, 0.2) is 40.8 Å². The van der Waals surface area contributed by atoms with Crippen LogP contribution < -0.4 is 5.73 Å². The van der Waals surface area contributed by atoms with E-state index in [9.17, 15) is 4.79 Å². The van der Waals surface area contributed by atoms with Crippen LogP contribution in [0, 0.1) is 0 Å². The van der Waals surface area contributed by atoms with Crippen molar-refractivity contribution in [2.75, 3.05) is 19.8 Å². The number of nitrogens with two attached hydrogens (primary N) is 1. The quantitative estimate of drug-likeness (QED) is 0.786. The lowest BCUT2D eigenvalue weighted by molar-refractivity contribution is -0.129.